The van der Waals surface area contributed by atoms with Crippen molar-refractivity contribution in [1.29, 1.82) is 0 Å². The lowest BCUT2D eigenvalue weighted by Gasteiger charge is -2.13. The Hall–Kier alpha value is -2.17. The van der Waals surface area contributed by atoms with E-state index in [2.05, 4.69) is 15.5 Å². The number of aromatic amines is 1. The maximum atomic E-state index is 12.0. The van der Waals surface area contributed by atoms with Crippen LogP contribution in [0.3, 0.4) is 0 Å². The number of hydrogen-bond acceptors (Lipinski definition) is 3. The lowest BCUT2D eigenvalue weighted by molar-refractivity contribution is -0.125. The SMILES string of the molecule is CCC(CC)C(=O)NCc1n[nH]c(=O)c2ccccc12. The first-order valence-electron chi connectivity index (χ1n) is 6.91. The Morgan fingerprint density at radius 1 is 1.25 bits per heavy atom. The molecule has 2 rings (SSSR count). The second-order valence-corrected chi connectivity index (χ2v) is 4.78. The zero-order chi connectivity index (χ0) is 14.5. The third kappa shape index (κ3) is 2.87. The molecule has 0 aliphatic heterocycles. The lowest BCUT2D eigenvalue weighted by Crippen LogP contribution is -2.30. The van der Waals surface area contributed by atoms with Crippen molar-refractivity contribution in [2.45, 2.75) is 33.2 Å². The highest BCUT2D eigenvalue weighted by Gasteiger charge is 2.14. The molecule has 20 heavy (non-hydrogen) atoms. The molecular formula is C15H19N3O2. The first kappa shape index (κ1) is 14.2. The molecule has 5 nitrogen and oxygen atoms in total. The summed E-state index contributed by atoms with van der Waals surface area (Å²) in [5, 5.41) is 10.8. The minimum atomic E-state index is -0.212. The molecular weight excluding hydrogens is 254 g/mol. The van der Waals surface area contributed by atoms with E-state index in [-0.39, 0.29) is 17.4 Å². The Balaban J connectivity index is 2.21. The molecule has 0 spiro atoms. The second kappa shape index (κ2) is 6.32. The molecule has 1 heterocycles. The van der Waals surface area contributed by atoms with Crippen molar-refractivity contribution in [3.05, 3.63) is 40.3 Å². The number of carbonyl (C=O) groups is 1. The van der Waals surface area contributed by atoms with Crippen LogP contribution in [0, 0.1) is 5.92 Å². The summed E-state index contributed by atoms with van der Waals surface area (Å²) in [6, 6.07) is 7.26. The Morgan fingerprint density at radius 3 is 2.55 bits per heavy atom. The first-order valence-corrected chi connectivity index (χ1v) is 6.91. The summed E-state index contributed by atoms with van der Waals surface area (Å²) in [6.07, 6.45) is 1.64. The summed E-state index contributed by atoms with van der Waals surface area (Å²) in [6.45, 7) is 4.33. The van der Waals surface area contributed by atoms with Gasteiger partial charge in [0, 0.05) is 11.3 Å². The van der Waals surface area contributed by atoms with Crippen LogP contribution in [0.1, 0.15) is 32.4 Å². The quantitative estimate of drug-likeness (QED) is 0.874. The van der Waals surface area contributed by atoms with E-state index in [1.54, 1.807) is 6.07 Å². The van der Waals surface area contributed by atoms with Crippen LogP contribution in [0.4, 0.5) is 0 Å². The maximum Gasteiger partial charge on any atom is 0.272 e. The zero-order valence-corrected chi connectivity index (χ0v) is 11.8. The van der Waals surface area contributed by atoms with E-state index < -0.39 is 0 Å². The normalized spacial score (nSPS) is 10.9. The molecule has 0 aliphatic carbocycles. The average Bonchev–Trinajstić information content (AvgIpc) is 2.48. The molecule has 0 unspecified atom stereocenters. The number of aromatic nitrogens is 2. The summed E-state index contributed by atoms with van der Waals surface area (Å²) in [5.41, 5.74) is 0.468. The van der Waals surface area contributed by atoms with E-state index >= 15 is 0 Å². The van der Waals surface area contributed by atoms with Crippen molar-refractivity contribution in [3.8, 4) is 0 Å². The monoisotopic (exact) mass is 273 g/mol. The standard InChI is InChI=1S/C15H19N3O2/c1-3-10(4-2)14(19)16-9-13-11-7-5-6-8-12(11)15(20)18-17-13/h5-8,10H,3-4,9H2,1-2H3,(H,16,19)(H,18,20). The van der Waals surface area contributed by atoms with Gasteiger partial charge in [-0.25, -0.2) is 5.10 Å². The number of rotatable bonds is 5. The molecule has 1 aromatic heterocycles. The highest BCUT2D eigenvalue weighted by molar-refractivity contribution is 5.84. The number of benzene rings is 1. The van der Waals surface area contributed by atoms with Gasteiger partial charge >= 0.3 is 0 Å². The molecule has 0 atom stereocenters. The van der Waals surface area contributed by atoms with Crippen LogP contribution in [0.5, 0.6) is 0 Å². The summed E-state index contributed by atoms with van der Waals surface area (Å²) in [4.78, 5) is 23.6. The van der Waals surface area contributed by atoms with Crippen molar-refractivity contribution in [3.63, 3.8) is 0 Å². The van der Waals surface area contributed by atoms with Crippen LogP contribution in [0.25, 0.3) is 10.8 Å². The van der Waals surface area contributed by atoms with Gasteiger partial charge in [-0.2, -0.15) is 5.10 Å². The minimum Gasteiger partial charge on any atom is -0.350 e. The largest absolute Gasteiger partial charge is 0.350 e. The highest BCUT2D eigenvalue weighted by Crippen LogP contribution is 2.13. The molecule has 0 saturated heterocycles. The van der Waals surface area contributed by atoms with Gasteiger partial charge in [0.05, 0.1) is 17.6 Å². The first-order chi connectivity index (χ1) is 9.67. The number of H-pyrrole nitrogens is 1. The number of nitrogens with one attached hydrogen (secondary N) is 2. The molecule has 1 amide bonds. The summed E-state index contributed by atoms with van der Waals surface area (Å²) in [5.74, 6) is 0.0658. The molecule has 106 valence electrons. The zero-order valence-electron chi connectivity index (χ0n) is 11.8. The molecule has 2 N–H and O–H groups in total. The fraction of sp³-hybridized carbons (Fsp3) is 0.400. The fourth-order valence-electron chi connectivity index (χ4n) is 2.28. The van der Waals surface area contributed by atoms with E-state index in [9.17, 15) is 9.59 Å². The Labute approximate surface area is 117 Å². The fourth-order valence-corrected chi connectivity index (χ4v) is 2.28. The topological polar surface area (TPSA) is 74.8 Å². The molecule has 0 fully saturated rings. The van der Waals surface area contributed by atoms with E-state index in [0.717, 1.165) is 18.2 Å². The minimum absolute atomic E-state index is 0.0315. The average molecular weight is 273 g/mol. The summed E-state index contributed by atoms with van der Waals surface area (Å²) >= 11 is 0. The van der Waals surface area contributed by atoms with Gasteiger partial charge in [0.25, 0.3) is 5.56 Å². The van der Waals surface area contributed by atoms with Crippen LogP contribution in [-0.4, -0.2) is 16.1 Å². The molecule has 0 aliphatic rings. The third-order valence-electron chi connectivity index (χ3n) is 3.56. The number of fused-ring (bicyclic) bond motifs is 1. The molecule has 0 saturated carbocycles. The van der Waals surface area contributed by atoms with Gasteiger partial charge in [-0.1, -0.05) is 32.0 Å². The Kier molecular flexibility index (Phi) is 4.50. The van der Waals surface area contributed by atoms with Crippen LogP contribution >= 0.6 is 0 Å². The molecule has 0 radical (unpaired) electrons. The second-order valence-electron chi connectivity index (χ2n) is 4.78. The Morgan fingerprint density at radius 2 is 1.90 bits per heavy atom. The van der Waals surface area contributed by atoms with Gasteiger partial charge in [0.2, 0.25) is 5.91 Å². The van der Waals surface area contributed by atoms with E-state index in [1.165, 1.54) is 0 Å². The van der Waals surface area contributed by atoms with Crippen molar-refractivity contribution >= 4 is 16.7 Å². The summed E-state index contributed by atoms with van der Waals surface area (Å²) < 4.78 is 0. The lowest BCUT2D eigenvalue weighted by atomic mass is 10.0. The van der Waals surface area contributed by atoms with Crippen molar-refractivity contribution in [2.75, 3.05) is 0 Å². The number of amides is 1. The molecule has 0 bridgehead atoms. The van der Waals surface area contributed by atoms with Crippen molar-refractivity contribution < 1.29 is 4.79 Å². The van der Waals surface area contributed by atoms with Crippen LogP contribution < -0.4 is 10.9 Å². The van der Waals surface area contributed by atoms with Crippen molar-refractivity contribution in [1.82, 2.24) is 15.5 Å². The Bertz CT molecular complexity index is 659. The predicted octanol–water partition coefficient (Wildman–Crippen LogP) is 1.98. The molecule has 1 aromatic carbocycles. The van der Waals surface area contributed by atoms with Crippen LogP contribution in [0.15, 0.2) is 29.1 Å². The van der Waals surface area contributed by atoms with E-state index in [4.69, 9.17) is 0 Å². The van der Waals surface area contributed by atoms with Crippen LogP contribution in [-0.2, 0) is 11.3 Å². The van der Waals surface area contributed by atoms with Gasteiger partial charge < -0.3 is 5.32 Å². The van der Waals surface area contributed by atoms with Gasteiger partial charge in [-0.05, 0) is 18.9 Å². The number of carbonyl (C=O) groups excluding carboxylic acids is 1. The predicted molar refractivity (Wildman–Crippen MR) is 78.3 cm³/mol. The van der Waals surface area contributed by atoms with Gasteiger partial charge in [-0.15, -0.1) is 0 Å². The summed E-state index contributed by atoms with van der Waals surface area (Å²) in [7, 11) is 0. The van der Waals surface area contributed by atoms with Gasteiger partial charge in [-0.3, -0.25) is 9.59 Å². The third-order valence-corrected chi connectivity index (χ3v) is 3.56. The maximum absolute atomic E-state index is 12.0. The number of nitrogens with zero attached hydrogens (tertiary/aromatic N) is 1. The molecule has 2 aromatic rings. The van der Waals surface area contributed by atoms with E-state index in [1.807, 2.05) is 32.0 Å². The van der Waals surface area contributed by atoms with Crippen molar-refractivity contribution in [2.24, 2.45) is 5.92 Å². The number of hydrogen-bond donors (Lipinski definition) is 2. The van der Waals surface area contributed by atoms with E-state index in [0.29, 0.717) is 17.6 Å². The smallest absolute Gasteiger partial charge is 0.272 e. The van der Waals surface area contributed by atoms with Gasteiger partial charge in [0.15, 0.2) is 0 Å². The van der Waals surface area contributed by atoms with Gasteiger partial charge in [0.1, 0.15) is 0 Å². The highest BCUT2D eigenvalue weighted by atomic mass is 16.2. The van der Waals surface area contributed by atoms with Crippen LogP contribution in [0.2, 0.25) is 0 Å². The molecule has 5 heteroatoms.